The van der Waals surface area contributed by atoms with Crippen molar-refractivity contribution in [2.24, 2.45) is 15.4 Å². The number of thioether (sulfide) groups is 1. The van der Waals surface area contributed by atoms with Gasteiger partial charge in [0.2, 0.25) is 5.69 Å². The molecule has 3 aliphatic heterocycles. The van der Waals surface area contributed by atoms with Crippen LogP contribution in [0.2, 0.25) is 0 Å². The SMILES string of the molecule is CN1/C(=C/C=C2\CCCC(/C=C/C3=[N+](C)c4ccccc4C3(C)C)=C2SC2=NN=NC2c2ccccc2)C(C)(C)c2ccccc21. The van der Waals surface area contributed by atoms with E-state index in [1.54, 1.807) is 11.8 Å². The molecule has 6 heteroatoms. The number of likely N-dealkylation sites (N-methyl/N-ethyl adjacent to an activating group) is 1. The van der Waals surface area contributed by atoms with Gasteiger partial charge in [-0.1, -0.05) is 104 Å². The van der Waals surface area contributed by atoms with Crippen LogP contribution in [-0.2, 0) is 10.8 Å². The third kappa shape index (κ3) is 5.13. The van der Waals surface area contributed by atoms with Crippen LogP contribution in [0.5, 0.6) is 0 Å². The number of benzene rings is 3. The molecule has 0 bridgehead atoms. The van der Waals surface area contributed by atoms with Crippen LogP contribution in [-0.4, -0.2) is 29.4 Å². The molecule has 3 aromatic rings. The monoisotopic (exact) mass is 624 g/mol. The van der Waals surface area contributed by atoms with E-state index in [0.717, 1.165) is 29.9 Å². The molecule has 0 saturated carbocycles. The van der Waals surface area contributed by atoms with Crippen molar-refractivity contribution < 1.29 is 4.58 Å². The minimum absolute atomic E-state index is 0.0766. The van der Waals surface area contributed by atoms with Gasteiger partial charge in [0.15, 0.2) is 5.71 Å². The van der Waals surface area contributed by atoms with Gasteiger partial charge in [-0.3, -0.25) is 0 Å². The average Bonchev–Trinajstić information content (AvgIpc) is 3.66. The zero-order chi connectivity index (χ0) is 32.1. The third-order valence-corrected chi connectivity index (χ3v) is 11.4. The van der Waals surface area contributed by atoms with Gasteiger partial charge in [-0.15, -0.1) is 5.10 Å². The Hall–Kier alpha value is -4.29. The molecule has 232 valence electrons. The summed E-state index contributed by atoms with van der Waals surface area (Å²) in [6.07, 6.45) is 12.6. The number of hydrogen-bond acceptors (Lipinski definition) is 5. The maximum absolute atomic E-state index is 4.57. The van der Waals surface area contributed by atoms with Crippen molar-refractivity contribution in [3.63, 3.8) is 0 Å². The first-order valence-corrected chi connectivity index (χ1v) is 17.1. The maximum Gasteiger partial charge on any atom is 0.209 e. The largest absolute Gasteiger partial charge is 0.347 e. The lowest BCUT2D eigenvalue weighted by molar-refractivity contribution is -0.401. The molecule has 4 aliphatic rings. The fourth-order valence-corrected chi connectivity index (χ4v) is 8.75. The summed E-state index contributed by atoms with van der Waals surface area (Å²) in [5.74, 6) is 0. The van der Waals surface area contributed by atoms with Crippen molar-refractivity contribution in [3.05, 3.63) is 142 Å². The summed E-state index contributed by atoms with van der Waals surface area (Å²) in [6.45, 7) is 9.32. The van der Waals surface area contributed by atoms with Gasteiger partial charge in [-0.05, 0) is 72.7 Å². The predicted octanol–water partition coefficient (Wildman–Crippen LogP) is 10.2. The summed E-state index contributed by atoms with van der Waals surface area (Å²) in [4.78, 5) is 3.63. The molecule has 46 heavy (non-hydrogen) atoms. The summed E-state index contributed by atoms with van der Waals surface area (Å²) in [6, 6.07) is 27.7. The van der Waals surface area contributed by atoms with Gasteiger partial charge in [0, 0.05) is 46.5 Å². The lowest BCUT2D eigenvalue weighted by atomic mass is 9.81. The second-order valence-corrected chi connectivity index (χ2v) is 14.7. The molecule has 3 heterocycles. The van der Waals surface area contributed by atoms with Crippen LogP contribution in [0.25, 0.3) is 0 Å². The van der Waals surface area contributed by atoms with Gasteiger partial charge in [0.1, 0.15) is 18.1 Å². The Morgan fingerprint density at radius 1 is 0.826 bits per heavy atom. The van der Waals surface area contributed by atoms with Crippen LogP contribution in [0.15, 0.2) is 140 Å². The fraction of sp³-hybridized carbons (Fsp3) is 0.300. The van der Waals surface area contributed by atoms with E-state index in [1.165, 1.54) is 50.0 Å². The van der Waals surface area contributed by atoms with Gasteiger partial charge in [0.05, 0.1) is 5.41 Å². The van der Waals surface area contributed by atoms with Crippen LogP contribution in [0.1, 0.15) is 69.7 Å². The molecular weight excluding hydrogens is 583 g/mol. The normalized spacial score (nSPS) is 23.2. The molecule has 0 aromatic heterocycles. The molecule has 1 atom stereocenters. The van der Waals surface area contributed by atoms with Crippen molar-refractivity contribution in [1.82, 2.24) is 0 Å². The van der Waals surface area contributed by atoms with E-state index in [4.69, 9.17) is 0 Å². The first-order valence-electron chi connectivity index (χ1n) is 16.3. The summed E-state index contributed by atoms with van der Waals surface area (Å²) in [7, 11) is 4.38. The summed E-state index contributed by atoms with van der Waals surface area (Å²) in [5.41, 5.74) is 11.6. The maximum atomic E-state index is 4.57. The van der Waals surface area contributed by atoms with E-state index in [9.17, 15) is 0 Å². The number of rotatable bonds is 5. The predicted molar refractivity (Wildman–Crippen MR) is 193 cm³/mol. The smallest absolute Gasteiger partial charge is 0.209 e. The number of allylic oxidation sites excluding steroid dienone is 7. The first kappa shape index (κ1) is 30.4. The van der Waals surface area contributed by atoms with Crippen molar-refractivity contribution in [2.75, 3.05) is 19.0 Å². The minimum Gasteiger partial charge on any atom is -0.347 e. The molecule has 0 amide bonds. The third-order valence-electron chi connectivity index (χ3n) is 10.1. The van der Waals surface area contributed by atoms with Gasteiger partial charge in [-0.2, -0.15) is 9.69 Å². The number of hydrogen-bond donors (Lipinski definition) is 0. The fourth-order valence-electron chi connectivity index (χ4n) is 7.57. The number of anilines is 1. The molecule has 0 saturated heterocycles. The lowest BCUT2D eigenvalue weighted by Crippen LogP contribution is -2.26. The average molecular weight is 625 g/mol. The molecule has 3 aromatic carbocycles. The summed E-state index contributed by atoms with van der Waals surface area (Å²) < 4.78 is 2.35. The Morgan fingerprint density at radius 2 is 1.54 bits per heavy atom. The summed E-state index contributed by atoms with van der Waals surface area (Å²) >= 11 is 1.75. The van der Waals surface area contributed by atoms with Crippen LogP contribution >= 0.6 is 11.8 Å². The highest BCUT2D eigenvalue weighted by Gasteiger charge is 2.43. The van der Waals surface area contributed by atoms with Gasteiger partial charge in [0.25, 0.3) is 0 Å². The minimum atomic E-state index is -0.177. The van der Waals surface area contributed by atoms with Crippen LogP contribution in [0.3, 0.4) is 0 Å². The van der Waals surface area contributed by atoms with E-state index in [2.05, 4.69) is 164 Å². The van der Waals surface area contributed by atoms with Crippen molar-refractivity contribution >= 4 is 33.9 Å². The highest BCUT2D eigenvalue weighted by Crippen LogP contribution is 2.48. The van der Waals surface area contributed by atoms with E-state index in [0.29, 0.717) is 0 Å². The van der Waals surface area contributed by atoms with E-state index in [-0.39, 0.29) is 16.9 Å². The molecule has 7 rings (SSSR count). The van der Waals surface area contributed by atoms with Crippen LogP contribution in [0.4, 0.5) is 11.4 Å². The standard InChI is InChI=1S/C40H42N5S/c1-39(2)30-19-10-12-21-32(30)44(5)34(39)25-23-28-17-14-18-29(24-26-35-40(3,4)31-20-11-13-22-33(31)45(35)6)37(28)46-38-36(41-43-42-38)27-15-8-7-9-16-27/h7-13,15-16,19-26,36H,14,17-18H2,1-6H3/q+1. The Labute approximate surface area is 277 Å². The first-order chi connectivity index (χ1) is 22.2. The van der Waals surface area contributed by atoms with Crippen molar-refractivity contribution in [1.29, 1.82) is 0 Å². The van der Waals surface area contributed by atoms with Crippen LogP contribution < -0.4 is 4.90 Å². The Morgan fingerprint density at radius 3 is 2.30 bits per heavy atom. The molecule has 1 aliphatic carbocycles. The Kier molecular flexibility index (Phi) is 7.80. The molecule has 0 spiro atoms. The van der Waals surface area contributed by atoms with E-state index >= 15 is 0 Å². The second kappa shape index (κ2) is 11.8. The molecule has 1 unspecified atom stereocenters. The molecule has 5 nitrogen and oxygen atoms in total. The zero-order valence-corrected chi connectivity index (χ0v) is 28.5. The topological polar surface area (TPSA) is 43.3 Å². The van der Waals surface area contributed by atoms with E-state index < -0.39 is 0 Å². The number of nitrogens with zero attached hydrogens (tertiary/aromatic N) is 5. The molecule has 0 N–H and O–H groups in total. The lowest BCUT2D eigenvalue weighted by Gasteiger charge is -2.25. The van der Waals surface area contributed by atoms with Gasteiger partial charge >= 0.3 is 0 Å². The van der Waals surface area contributed by atoms with Gasteiger partial charge in [-0.25, -0.2) is 0 Å². The Balaban J connectivity index is 1.30. The number of fused-ring (bicyclic) bond motifs is 2. The highest BCUT2D eigenvalue weighted by molar-refractivity contribution is 8.17. The summed E-state index contributed by atoms with van der Waals surface area (Å²) in [5, 5.41) is 14.2. The van der Waals surface area contributed by atoms with E-state index in [1.807, 2.05) is 6.07 Å². The Bertz CT molecular complexity index is 1920. The molecule has 0 fully saturated rings. The van der Waals surface area contributed by atoms with Crippen molar-refractivity contribution in [2.45, 2.75) is 63.8 Å². The quantitative estimate of drug-likeness (QED) is 0.265. The second-order valence-electron chi connectivity index (χ2n) is 13.6. The van der Waals surface area contributed by atoms with Gasteiger partial charge < -0.3 is 4.90 Å². The molecular formula is C40H42N5S+. The zero-order valence-electron chi connectivity index (χ0n) is 27.7. The van der Waals surface area contributed by atoms with Crippen LogP contribution in [0, 0.1) is 0 Å². The van der Waals surface area contributed by atoms with Crippen molar-refractivity contribution in [3.8, 4) is 0 Å². The molecule has 0 radical (unpaired) electrons. The highest BCUT2D eigenvalue weighted by atomic mass is 32.2. The number of para-hydroxylation sites is 2.